The quantitative estimate of drug-likeness (QED) is 0.911. The molecule has 112 valence electrons. The number of rotatable bonds is 4. The van der Waals surface area contributed by atoms with E-state index in [2.05, 4.69) is 41.0 Å². The summed E-state index contributed by atoms with van der Waals surface area (Å²) in [7, 11) is 2.04. The van der Waals surface area contributed by atoms with E-state index in [4.69, 9.17) is 4.74 Å². The van der Waals surface area contributed by atoms with Gasteiger partial charge in [-0.2, -0.15) is 0 Å². The molecule has 1 aromatic heterocycles. The van der Waals surface area contributed by atoms with Gasteiger partial charge in [-0.15, -0.1) is 0 Å². The lowest BCUT2D eigenvalue weighted by atomic mass is 10.1. The molecular formula is C15H26N4O. The Hall–Kier alpha value is -1.20. The predicted molar refractivity (Wildman–Crippen MR) is 81.0 cm³/mol. The first-order valence-electron chi connectivity index (χ1n) is 7.25. The van der Waals surface area contributed by atoms with Gasteiger partial charge in [0.05, 0.1) is 12.6 Å². The Balaban J connectivity index is 2.05. The maximum Gasteiger partial charge on any atom is 0.225 e. The fourth-order valence-electron chi connectivity index (χ4n) is 2.17. The molecule has 0 bridgehead atoms. The number of aryl methyl sites for hydroxylation is 1. The summed E-state index contributed by atoms with van der Waals surface area (Å²) in [5.74, 6) is 0.789. The highest BCUT2D eigenvalue weighted by atomic mass is 16.5. The normalized spacial score (nSPS) is 19.4. The molecule has 0 radical (unpaired) electrons. The second-order valence-electron chi connectivity index (χ2n) is 6.51. The highest BCUT2D eigenvalue weighted by Crippen LogP contribution is 2.17. The number of aromatic nitrogens is 2. The molecule has 1 aliphatic heterocycles. The Morgan fingerprint density at radius 1 is 1.45 bits per heavy atom. The van der Waals surface area contributed by atoms with Crippen LogP contribution in [0.25, 0.3) is 0 Å². The molecule has 0 saturated carbocycles. The SMILES string of the molecule is Cc1nc(N(C)C2CCOC2)ncc1CNC(C)(C)C. The van der Waals surface area contributed by atoms with Gasteiger partial charge in [0.15, 0.2) is 0 Å². The van der Waals surface area contributed by atoms with E-state index in [-0.39, 0.29) is 5.54 Å². The minimum atomic E-state index is 0.100. The van der Waals surface area contributed by atoms with Crippen LogP contribution in [0, 0.1) is 6.92 Å². The van der Waals surface area contributed by atoms with Crippen LogP contribution < -0.4 is 10.2 Å². The predicted octanol–water partition coefficient (Wildman–Crippen LogP) is 1.90. The summed E-state index contributed by atoms with van der Waals surface area (Å²) in [5.41, 5.74) is 2.29. The number of nitrogens with zero attached hydrogens (tertiary/aromatic N) is 3. The third-order valence-corrected chi connectivity index (χ3v) is 3.65. The van der Waals surface area contributed by atoms with Crippen LogP contribution >= 0.6 is 0 Å². The molecule has 5 heteroatoms. The highest BCUT2D eigenvalue weighted by molar-refractivity contribution is 5.33. The van der Waals surface area contributed by atoms with Crippen molar-refractivity contribution in [1.82, 2.24) is 15.3 Å². The zero-order chi connectivity index (χ0) is 14.8. The highest BCUT2D eigenvalue weighted by Gasteiger charge is 2.22. The van der Waals surface area contributed by atoms with Gasteiger partial charge in [0, 0.05) is 43.2 Å². The minimum Gasteiger partial charge on any atom is -0.379 e. The topological polar surface area (TPSA) is 50.3 Å². The smallest absolute Gasteiger partial charge is 0.225 e. The van der Waals surface area contributed by atoms with Crippen LogP contribution in [0.5, 0.6) is 0 Å². The maximum absolute atomic E-state index is 5.42. The van der Waals surface area contributed by atoms with Crippen LogP contribution in [0.1, 0.15) is 38.4 Å². The molecule has 0 aromatic carbocycles. The van der Waals surface area contributed by atoms with Crippen LogP contribution in [0.2, 0.25) is 0 Å². The zero-order valence-corrected chi connectivity index (χ0v) is 13.2. The van der Waals surface area contributed by atoms with Crippen molar-refractivity contribution < 1.29 is 4.74 Å². The number of anilines is 1. The molecule has 2 heterocycles. The van der Waals surface area contributed by atoms with Crippen molar-refractivity contribution in [2.75, 3.05) is 25.2 Å². The summed E-state index contributed by atoms with van der Waals surface area (Å²) < 4.78 is 5.42. The lowest BCUT2D eigenvalue weighted by Crippen LogP contribution is -2.36. The van der Waals surface area contributed by atoms with E-state index in [1.165, 1.54) is 0 Å². The first kappa shape index (κ1) is 15.2. The third-order valence-electron chi connectivity index (χ3n) is 3.65. The average molecular weight is 278 g/mol. The van der Waals surface area contributed by atoms with Crippen molar-refractivity contribution in [3.63, 3.8) is 0 Å². The van der Waals surface area contributed by atoms with E-state index in [1.54, 1.807) is 0 Å². The second kappa shape index (κ2) is 6.06. The first-order valence-corrected chi connectivity index (χ1v) is 7.25. The number of nitrogens with one attached hydrogen (secondary N) is 1. The van der Waals surface area contributed by atoms with Gasteiger partial charge in [-0.05, 0) is 34.1 Å². The first-order chi connectivity index (χ1) is 9.37. The van der Waals surface area contributed by atoms with Gasteiger partial charge in [-0.25, -0.2) is 9.97 Å². The standard InChI is InChI=1S/C15H26N4O/c1-11-12(9-17-15(2,3)4)8-16-14(18-11)19(5)13-6-7-20-10-13/h8,13,17H,6-7,9-10H2,1-5H3. The number of likely N-dealkylation sites (N-methyl/N-ethyl adjacent to an activating group) is 1. The molecule has 2 rings (SSSR count). The van der Waals surface area contributed by atoms with Crippen molar-refractivity contribution in [1.29, 1.82) is 0 Å². The molecular weight excluding hydrogens is 252 g/mol. The molecule has 5 nitrogen and oxygen atoms in total. The van der Waals surface area contributed by atoms with Crippen LogP contribution in [-0.4, -0.2) is 41.8 Å². The lowest BCUT2D eigenvalue weighted by Gasteiger charge is -2.24. The summed E-state index contributed by atoms with van der Waals surface area (Å²) in [5, 5.41) is 3.47. The number of hydrogen-bond donors (Lipinski definition) is 1. The van der Waals surface area contributed by atoms with Gasteiger partial charge in [0.2, 0.25) is 5.95 Å². The molecule has 1 unspecified atom stereocenters. The van der Waals surface area contributed by atoms with Gasteiger partial charge < -0.3 is 15.0 Å². The molecule has 1 aliphatic rings. The number of hydrogen-bond acceptors (Lipinski definition) is 5. The van der Waals surface area contributed by atoms with E-state index in [0.717, 1.165) is 43.4 Å². The van der Waals surface area contributed by atoms with E-state index in [1.807, 2.05) is 20.2 Å². The molecule has 1 fully saturated rings. The Morgan fingerprint density at radius 2 is 2.20 bits per heavy atom. The van der Waals surface area contributed by atoms with Crippen molar-refractivity contribution in [2.45, 2.75) is 52.2 Å². The molecule has 0 aliphatic carbocycles. The summed E-state index contributed by atoms with van der Waals surface area (Å²) in [4.78, 5) is 11.3. The lowest BCUT2D eigenvalue weighted by molar-refractivity contribution is 0.193. The van der Waals surface area contributed by atoms with Crippen molar-refractivity contribution in [3.05, 3.63) is 17.5 Å². The van der Waals surface area contributed by atoms with Crippen LogP contribution in [0.3, 0.4) is 0 Å². The van der Waals surface area contributed by atoms with E-state index >= 15 is 0 Å². The van der Waals surface area contributed by atoms with Gasteiger partial charge in [0.25, 0.3) is 0 Å². The largest absolute Gasteiger partial charge is 0.379 e. The van der Waals surface area contributed by atoms with Gasteiger partial charge in [-0.1, -0.05) is 0 Å². The summed E-state index contributed by atoms with van der Waals surface area (Å²) in [6.07, 6.45) is 2.98. The van der Waals surface area contributed by atoms with E-state index < -0.39 is 0 Å². The minimum absolute atomic E-state index is 0.100. The maximum atomic E-state index is 5.42. The van der Waals surface area contributed by atoms with E-state index in [9.17, 15) is 0 Å². The summed E-state index contributed by atoms with van der Waals surface area (Å²) in [6, 6.07) is 0.396. The summed E-state index contributed by atoms with van der Waals surface area (Å²) >= 11 is 0. The Morgan fingerprint density at radius 3 is 2.75 bits per heavy atom. The Bertz CT molecular complexity index is 450. The van der Waals surface area contributed by atoms with Crippen molar-refractivity contribution in [2.24, 2.45) is 0 Å². The Kier molecular flexibility index (Phi) is 4.60. The third kappa shape index (κ3) is 3.90. The molecule has 1 atom stereocenters. The zero-order valence-electron chi connectivity index (χ0n) is 13.2. The van der Waals surface area contributed by atoms with E-state index in [0.29, 0.717) is 6.04 Å². The van der Waals surface area contributed by atoms with Gasteiger partial charge in [0.1, 0.15) is 0 Å². The fraction of sp³-hybridized carbons (Fsp3) is 0.733. The molecule has 0 spiro atoms. The Labute approximate surface area is 121 Å². The van der Waals surface area contributed by atoms with Crippen LogP contribution in [-0.2, 0) is 11.3 Å². The number of ether oxygens (including phenoxy) is 1. The van der Waals surface area contributed by atoms with Crippen LogP contribution in [0.4, 0.5) is 5.95 Å². The molecule has 1 saturated heterocycles. The molecule has 0 amide bonds. The van der Waals surface area contributed by atoms with Crippen molar-refractivity contribution in [3.8, 4) is 0 Å². The second-order valence-corrected chi connectivity index (χ2v) is 6.51. The molecule has 20 heavy (non-hydrogen) atoms. The van der Waals surface area contributed by atoms with Crippen LogP contribution in [0.15, 0.2) is 6.20 Å². The van der Waals surface area contributed by atoms with Crippen molar-refractivity contribution >= 4 is 5.95 Å². The molecule has 1 aromatic rings. The van der Waals surface area contributed by atoms with Gasteiger partial charge in [-0.3, -0.25) is 0 Å². The monoisotopic (exact) mass is 278 g/mol. The fourth-order valence-corrected chi connectivity index (χ4v) is 2.17. The summed E-state index contributed by atoms with van der Waals surface area (Å²) in [6.45, 7) is 10.9. The molecule has 1 N–H and O–H groups in total. The average Bonchev–Trinajstić information content (AvgIpc) is 2.89. The van der Waals surface area contributed by atoms with Gasteiger partial charge >= 0.3 is 0 Å².